The van der Waals surface area contributed by atoms with E-state index in [0.29, 0.717) is 12.0 Å². The van der Waals surface area contributed by atoms with E-state index in [1.165, 1.54) is 12.3 Å². The average Bonchev–Trinajstić information content (AvgIpc) is 3.07. The maximum Gasteiger partial charge on any atom is 0.287 e. The molecule has 2 aliphatic heterocycles. The Kier molecular flexibility index (Phi) is 4.84. The lowest BCUT2D eigenvalue weighted by Crippen LogP contribution is -2.38. The van der Waals surface area contributed by atoms with Crippen LogP contribution in [-0.2, 0) is 9.47 Å². The summed E-state index contributed by atoms with van der Waals surface area (Å²) in [5.41, 5.74) is 0.0285. The molecule has 0 amide bonds. The van der Waals surface area contributed by atoms with Gasteiger partial charge in [0.2, 0.25) is 0 Å². The van der Waals surface area contributed by atoms with Gasteiger partial charge < -0.3 is 14.4 Å². The third-order valence-corrected chi connectivity index (χ3v) is 4.30. The lowest BCUT2D eigenvalue weighted by molar-refractivity contribution is -0.385. The fourth-order valence-electron chi connectivity index (χ4n) is 2.91. The van der Waals surface area contributed by atoms with E-state index in [1.54, 1.807) is 6.07 Å². The molecular weight excluding hydrogens is 286 g/mol. The molecule has 1 atom stereocenters. The number of pyridine rings is 1. The zero-order valence-corrected chi connectivity index (χ0v) is 12.5. The Bertz CT molecular complexity index is 494. The largest absolute Gasteiger partial charge is 0.381 e. The van der Waals surface area contributed by atoms with Crippen LogP contribution in [-0.4, -0.2) is 48.9 Å². The van der Waals surface area contributed by atoms with Gasteiger partial charge in [0.15, 0.2) is 0 Å². The number of ether oxygens (including phenoxy) is 2. The third kappa shape index (κ3) is 3.72. The second-order valence-corrected chi connectivity index (χ2v) is 5.88. The van der Waals surface area contributed by atoms with E-state index in [9.17, 15) is 10.1 Å². The molecule has 22 heavy (non-hydrogen) atoms. The highest BCUT2D eigenvalue weighted by Gasteiger charge is 2.23. The third-order valence-electron chi connectivity index (χ3n) is 4.30. The molecule has 0 aliphatic carbocycles. The summed E-state index contributed by atoms with van der Waals surface area (Å²) in [4.78, 5) is 16.6. The van der Waals surface area contributed by atoms with Crippen molar-refractivity contribution in [2.75, 3.05) is 37.8 Å². The van der Waals surface area contributed by atoms with Gasteiger partial charge in [-0.05, 0) is 25.3 Å². The Hall–Kier alpha value is -1.73. The smallest absolute Gasteiger partial charge is 0.287 e. The van der Waals surface area contributed by atoms with Crippen molar-refractivity contribution in [2.24, 2.45) is 5.92 Å². The first kappa shape index (κ1) is 15.2. The standard InChI is InChI=1S/C15H21N3O4/c19-18(20)13-1-2-15(16-9-13)17-6-3-14(4-7-17)22-11-12-5-8-21-10-12/h1-2,9,12,14H,3-8,10-11H2. The minimum absolute atomic E-state index is 0.0285. The molecule has 1 aromatic rings. The number of piperidine rings is 1. The van der Waals surface area contributed by atoms with Gasteiger partial charge in [-0.25, -0.2) is 4.98 Å². The Morgan fingerprint density at radius 1 is 1.36 bits per heavy atom. The van der Waals surface area contributed by atoms with Crippen LogP contribution in [0.2, 0.25) is 0 Å². The minimum atomic E-state index is -0.427. The number of aromatic nitrogens is 1. The van der Waals surface area contributed by atoms with E-state index in [-0.39, 0.29) is 5.69 Å². The predicted octanol–water partition coefficient (Wildman–Crippen LogP) is 2.01. The zero-order chi connectivity index (χ0) is 15.4. The van der Waals surface area contributed by atoms with Crippen LogP contribution < -0.4 is 4.90 Å². The van der Waals surface area contributed by atoms with Crippen LogP contribution in [0.5, 0.6) is 0 Å². The summed E-state index contributed by atoms with van der Waals surface area (Å²) in [5.74, 6) is 1.35. The first-order valence-electron chi connectivity index (χ1n) is 7.77. The summed E-state index contributed by atoms with van der Waals surface area (Å²) < 4.78 is 11.3. The highest BCUT2D eigenvalue weighted by molar-refractivity contribution is 5.43. The van der Waals surface area contributed by atoms with E-state index in [4.69, 9.17) is 9.47 Å². The monoisotopic (exact) mass is 307 g/mol. The van der Waals surface area contributed by atoms with Crippen molar-refractivity contribution >= 4 is 11.5 Å². The molecule has 1 unspecified atom stereocenters. The summed E-state index contributed by atoms with van der Waals surface area (Å²) in [6, 6.07) is 3.22. The molecule has 0 aromatic carbocycles. The SMILES string of the molecule is O=[N+]([O-])c1ccc(N2CCC(OCC3CCOC3)CC2)nc1. The van der Waals surface area contributed by atoms with Crippen LogP contribution >= 0.6 is 0 Å². The van der Waals surface area contributed by atoms with Gasteiger partial charge in [-0.2, -0.15) is 0 Å². The van der Waals surface area contributed by atoms with Crippen molar-refractivity contribution in [3.05, 3.63) is 28.4 Å². The van der Waals surface area contributed by atoms with Crippen molar-refractivity contribution < 1.29 is 14.4 Å². The average molecular weight is 307 g/mol. The first-order chi connectivity index (χ1) is 10.7. The maximum atomic E-state index is 10.6. The first-order valence-corrected chi connectivity index (χ1v) is 7.77. The van der Waals surface area contributed by atoms with Crippen molar-refractivity contribution in [3.8, 4) is 0 Å². The molecule has 0 saturated carbocycles. The van der Waals surface area contributed by atoms with Crippen molar-refractivity contribution in [1.29, 1.82) is 0 Å². The number of anilines is 1. The summed E-state index contributed by atoms with van der Waals surface area (Å²) in [7, 11) is 0. The molecule has 0 bridgehead atoms. The predicted molar refractivity (Wildman–Crippen MR) is 81.0 cm³/mol. The van der Waals surface area contributed by atoms with Gasteiger partial charge in [0.05, 0.1) is 24.2 Å². The van der Waals surface area contributed by atoms with Crippen molar-refractivity contribution in [2.45, 2.75) is 25.4 Å². The number of nitrogens with zero attached hydrogens (tertiary/aromatic N) is 3. The van der Waals surface area contributed by atoms with E-state index < -0.39 is 4.92 Å². The molecule has 3 rings (SSSR count). The molecule has 7 heteroatoms. The zero-order valence-electron chi connectivity index (χ0n) is 12.5. The van der Waals surface area contributed by atoms with Crippen molar-refractivity contribution in [1.82, 2.24) is 4.98 Å². The molecule has 0 spiro atoms. The number of hydrogen-bond acceptors (Lipinski definition) is 6. The Labute approximate surface area is 129 Å². The molecule has 2 fully saturated rings. The lowest BCUT2D eigenvalue weighted by atomic mass is 10.1. The summed E-state index contributed by atoms with van der Waals surface area (Å²) >= 11 is 0. The van der Waals surface area contributed by atoms with Crippen LogP contribution in [0.15, 0.2) is 18.3 Å². The number of nitro groups is 1. The molecule has 0 N–H and O–H groups in total. The quantitative estimate of drug-likeness (QED) is 0.611. The normalized spacial score (nSPS) is 22.9. The van der Waals surface area contributed by atoms with E-state index in [0.717, 1.165) is 58.0 Å². The fraction of sp³-hybridized carbons (Fsp3) is 0.667. The van der Waals surface area contributed by atoms with Crippen LogP contribution in [0.1, 0.15) is 19.3 Å². The molecule has 2 aliphatic rings. The van der Waals surface area contributed by atoms with Gasteiger partial charge in [0.1, 0.15) is 12.0 Å². The van der Waals surface area contributed by atoms with Gasteiger partial charge in [0, 0.05) is 31.7 Å². The fourth-order valence-corrected chi connectivity index (χ4v) is 2.91. The second-order valence-electron chi connectivity index (χ2n) is 5.88. The van der Waals surface area contributed by atoms with Gasteiger partial charge in [-0.15, -0.1) is 0 Å². The second kappa shape index (κ2) is 7.02. The van der Waals surface area contributed by atoms with Gasteiger partial charge in [-0.1, -0.05) is 0 Å². The van der Waals surface area contributed by atoms with E-state index >= 15 is 0 Å². The van der Waals surface area contributed by atoms with E-state index in [2.05, 4.69) is 9.88 Å². The van der Waals surface area contributed by atoms with Crippen LogP contribution in [0, 0.1) is 16.0 Å². The van der Waals surface area contributed by atoms with Crippen LogP contribution in [0.3, 0.4) is 0 Å². The Morgan fingerprint density at radius 2 is 2.18 bits per heavy atom. The topological polar surface area (TPSA) is 77.7 Å². The summed E-state index contributed by atoms with van der Waals surface area (Å²) in [5, 5.41) is 10.6. The van der Waals surface area contributed by atoms with E-state index in [1.807, 2.05) is 0 Å². The maximum absolute atomic E-state index is 10.6. The number of rotatable bonds is 5. The summed E-state index contributed by atoms with van der Waals surface area (Å²) in [6.07, 6.45) is 4.65. The molecule has 7 nitrogen and oxygen atoms in total. The van der Waals surface area contributed by atoms with Crippen LogP contribution in [0.25, 0.3) is 0 Å². The highest BCUT2D eigenvalue weighted by Crippen LogP contribution is 2.22. The molecular formula is C15H21N3O4. The highest BCUT2D eigenvalue weighted by atomic mass is 16.6. The van der Waals surface area contributed by atoms with Gasteiger partial charge in [-0.3, -0.25) is 10.1 Å². The van der Waals surface area contributed by atoms with Crippen molar-refractivity contribution in [3.63, 3.8) is 0 Å². The van der Waals surface area contributed by atoms with Gasteiger partial charge >= 0.3 is 0 Å². The van der Waals surface area contributed by atoms with Crippen LogP contribution in [0.4, 0.5) is 11.5 Å². The Balaban J connectivity index is 1.45. The minimum Gasteiger partial charge on any atom is -0.381 e. The molecule has 120 valence electrons. The molecule has 3 heterocycles. The molecule has 1 aromatic heterocycles. The molecule has 0 radical (unpaired) electrons. The van der Waals surface area contributed by atoms with Gasteiger partial charge in [0.25, 0.3) is 5.69 Å². The Morgan fingerprint density at radius 3 is 2.77 bits per heavy atom. The molecule has 2 saturated heterocycles. The summed E-state index contributed by atoms with van der Waals surface area (Å²) in [6.45, 7) is 4.22. The number of hydrogen-bond donors (Lipinski definition) is 0. The lowest BCUT2D eigenvalue weighted by Gasteiger charge is -2.33.